The summed E-state index contributed by atoms with van der Waals surface area (Å²) < 4.78 is 6.73. The van der Waals surface area contributed by atoms with Gasteiger partial charge in [-0.25, -0.2) is 0 Å². The van der Waals surface area contributed by atoms with E-state index in [0.717, 1.165) is 5.56 Å². The molecule has 0 aliphatic heterocycles. The zero-order valence-electron chi connectivity index (χ0n) is 15.4. The second kappa shape index (κ2) is 9.03. The van der Waals surface area contributed by atoms with Gasteiger partial charge in [0, 0.05) is 22.2 Å². The molecular weight excluding hydrogens is 415 g/mol. The fourth-order valence-electron chi connectivity index (χ4n) is 2.86. The Kier molecular flexibility index (Phi) is 6.46. The fraction of sp³-hybridized carbons (Fsp3) is 0.143. The molecule has 1 heterocycles. The largest absolute Gasteiger partial charge is 0.550 e. The number of aromatic nitrogens is 1. The van der Waals surface area contributed by atoms with E-state index in [2.05, 4.69) is 5.43 Å². The average Bonchev–Trinajstić information content (AvgIpc) is 3.08. The van der Waals surface area contributed by atoms with E-state index in [-0.39, 0.29) is 23.4 Å². The van der Waals surface area contributed by atoms with Gasteiger partial charge in [-0.3, -0.25) is 14.9 Å². The first kappa shape index (κ1) is 20.8. The number of hydrogen-bond acceptors (Lipinski definition) is 4. The molecule has 0 fully saturated rings. The molecule has 0 saturated carbocycles. The smallest absolute Gasteiger partial charge is 0.271 e. The molecule has 0 spiro atoms. The molecule has 8 heteroatoms. The molecule has 0 aliphatic rings. The van der Waals surface area contributed by atoms with Gasteiger partial charge in [0.1, 0.15) is 5.75 Å². The lowest BCUT2D eigenvalue weighted by Crippen LogP contribution is -2.27. The summed E-state index contributed by atoms with van der Waals surface area (Å²) in [6, 6.07) is 15.4. The highest BCUT2D eigenvalue weighted by molar-refractivity contribution is 6.37. The molecule has 0 aliphatic carbocycles. The summed E-state index contributed by atoms with van der Waals surface area (Å²) in [5, 5.41) is 11.5. The third-order valence-corrected chi connectivity index (χ3v) is 4.87. The molecule has 3 rings (SSSR count). The van der Waals surface area contributed by atoms with Crippen LogP contribution < -0.4 is 15.3 Å². The van der Waals surface area contributed by atoms with Crippen LogP contribution in [-0.2, 0) is 11.2 Å². The maximum absolute atomic E-state index is 12.8. The molecule has 2 aromatic carbocycles. The van der Waals surface area contributed by atoms with Crippen molar-refractivity contribution in [3.05, 3.63) is 75.9 Å². The zero-order valence-corrected chi connectivity index (χ0v) is 17.0. The number of ether oxygens (including phenoxy) is 1. The highest BCUT2D eigenvalue weighted by atomic mass is 35.5. The molecular formula is C21H17Cl2N2O4-. The van der Waals surface area contributed by atoms with Gasteiger partial charge < -0.3 is 14.6 Å². The normalized spacial score (nSPS) is 10.6. The number of carbonyl (C=O) groups excluding carboxylic acids is 2. The van der Waals surface area contributed by atoms with Crippen molar-refractivity contribution in [2.45, 2.75) is 12.8 Å². The van der Waals surface area contributed by atoms with E-state index in [1.165, 1.54) is 12.1 Å². The minimum Gasteiger partial charge on any atom is -0.550 e. The number of carboxylic acids is 1. The summed E-state index contributed by atoms with van der Waals surface area (Å²) in [6.45, 7) is 0. The van der Waals surface area contributed by atoms with Gasteiger partial charge in [-0.15, -0.1) is 0 Å². The van der Waals surface area contributed by atoms with Gasteiger partial charge in [0.2, 0.25) is 0 Å². The van der Waals surface area contributed by atoms with Crippen LogP contribution in [-0.4, -0.2) is 23.7 Å². The van der Waals surface area contributed by atoms with Crippen molar-refractivity contribution < 1.29 is 19.4 Å². The number of nitrogens with one attached hydrogen (secondary N) is 1. The highest BCUT2D eigenvalue weighted by Gasteiger charge is 2.16. The lowest BCUT2D eigenvalue weighted by Gasteiger charge is -2.16. The molecule has 6 nitrogen and oxygen atoms in total. The van der Waals surface area contributed by atoms with Crippen molar-refractivity contribution in [1.29, 1.82) is 0 Å². The summed E-state index contributed by atoms with van der Waals surface area (Å²) in [5.41, 5.74) is 5.14. The monoisotopic (exact) mass is 431 g/mol. The number of carboxylic acid groups (broad SMARTS) is 1. The van der Waals surface area contributed by atoms with Crippen LogP contribution in [0, 0.1) is 0 Å². The number of amides is 1. The van der Waals surface area contributed by atoms with Gasteiger partial charge in [0.05, 0.1) is 23.4 Å². The zero-order chi connectivity index (χ0) is 21.0. The summed E-state index contributed by atoms with van der Waals surface area (Å²) in [6.07, 6.45) is 0.0107. The molecule has 0 unspecified atom stereocenters. The summed E-state index contributed by atoms with van der Waals surface area (Å²) >= 11 is 12.0. The van der Waals surface area contributed by atoms with Gasteiger partial charge in [0.25, 0.3) is 5.91 Å². The van der Waals surface area contributed by atoms with Crippen molar-refractivity contribution in [2.24, 2.45) is 0 Å². The lowest BCUT2D eigenvalue weighted by atomic mass is 10.1. The van der Waals surface area contributed by atoms with Crippen LogP contribution in [0.1, 0.15) is 22.5 Å². The van der Waals surface area contributed by atoms with Crippen LogP contribution in [0.25, 0.3) is 11.3 Å². The van der Waals surface area contributed by atoms with E-state index in [0.29, 0.717) is 22.2 Å². The van der Waals surface area contributed by atoms with Gasteiger partial charge in [0.15, 0.2) is 0 Å². The van der Waals surface area contributed by atoms with E-state index < -0.39 is 11.9 Å². The van der Waals surface area contributed by atoms with Crippen molar-refractivity contribution >= 4 is 35.1 Å². The Morgan fingerprint density at radius 1 is 1.07 bits per heavy atom. The van der Waals surface area contributed by atoms with Gasteiger partial charge in [-0.05, 0) is 67.4 Å². The standard InChI is InChI=1S/C21H18Cl2N2O4/c1-29-16-7-2-13(3-8-16)19-10-5-15(6-11-20(26)27)25(19)24-21(28)17-9-4-14(22)12-18(17)23/h2-5,7-10,12H,6,11H2,1H3,(H,24,28)(H,26,27)/p-1. The third kappa shape index (κ3) is 4.91. The Hall–Kier alpha value is -2.96. The van der Waals surface area contributed by atoms with Crippen molar-refractivity contribution in [1.82, 2.24) is 4.68 Å². The number of halogens is 2. The molecule has 0 bridgehead atoms. The Balaban J connectivity index is 1.97. The number of aliphatic carboxylic acids is 1. The number of rotatable bonds is 7. The summed E-state index contributed by atoms with van der Waals surface area (Å²) in [4.78, 5) is 23.7. The Labute approximate surface area is 177 Å². The first-order valence-electron chi connectivity index (χ1n) is 8.70. The van der Waals surface area contributed by atoms with Crippen LogP contribution in [0.4, 0.5) is 0 Å². The molecule has 150 valence electrons. The fourth-order valence-corrected chi connectivity index (χ4v) is 3.35. The molecule has 1 aromatic heterocycles. The Morgan fingerprint density at radius 2 is 1.79 bits per heavy atom. The van der Waals surface area contributed by atoms with Crippen LogP contribution in [0.3, 0.4) is 0 Å². The van der Waals surface area contributed by atoms with E-state index in [9.17, 15) is 14.7 Å². The molecule has 3 aromatic rings. The van der Waals surface area contributed by atoms with Gasteiger partial charge >= 0.3 is 0 Å². The maximum atomic E-state index is 12.8. The first-order valence-corrected chi connectivity index (χ1v) is 9.46. The predicted octanol–water partition coefficient (Wildman–Crippen LogP) is 3.54. The molecule has 1 N–H and O–H groups in total. The van der Waals surface area contributed by atoms with E-state index in [4.69, 9.17) is 27.9 Å². The van der Waals surface area contributed by atoms with Crippen molar-refractivity contribution in [3.8, 4) is 17.0 Å². The molecule has 0 saturated heterocycles. The Bertz CT molecular complexity index is 1050. The van der Waals surface area contributed by atoms with Crippen LogP contribution in [0.15, 0.2) is 54.6 Å². The quantitative estimate of drug-likeness (QED) is 0.619. The predicted molar refractivity (Wildman–Crippen MR) is 110 cm³/mol. The third-order valence-electron chi connectivity index (χ3n) is 4.32. The minimum absolute atomic E-state index is 0.177. The van der Waals surface area contributed by atoms with E-state index >= 15 is 0 Å². The lowest BCUT2D eigenvalue weighted by molar-refractivity contribution is -0.305. The number of carbonyl (C=O) groups is 2. The number of hydrogen-bond donors (Lipinski definition) is 1. The number of aryl methyl sites for hydroxylation is 1. The summed E-state index contributed by atoms with van der Waals surface area (Å²) in [7, 11) is 1.58. The molecule has 29 heavy (non-hydrogen) atoms. The van der Waals surface area contributed by atoms with Crippen LogP contribution in [0.2, 0.25) is 10.0 Å². The van der Waals surface area contributed by atoms with E-state index in [1.54, 1.807) is 42.1 Å². The number of methoxy groups -OCH3 is 1. The second-order valence-corrected chi connectivity index (χ2v) is 7.05. The van der Waals surface area contributed by atoms with Crippen LogP contribution >= 0.6 is 23.2 Å². The van der Waals surface area contributed by atoms with Gasteiger partial charge in [-0.2, -0.15) is 0 Å². The number of benzene rings is 2. The molecule has 0 radical (unpaired) electrons. The minimum atomic E-state index is -1.17. The average molecular weight is 432 g/mol. The van der Waals surface area contributed by atoms with Crippen molar-refractivity contribution in [2.75, 3.05) is 12.5 Å². The molecule has 0 atom stereocenters. The second-order valence-electron chi connectivity index (χ2n) is 6.21. The maximum Gasteiger partial charge on any atom is 0.271 e. The highest BCUT2D eigenvalue weighted by Crippen LogP contribution is 2.26. The van der Waals surface area contributed by atoms with Crippen molar-refractivity contribution in [3.63, 3.8) is 0 Å². The SMILES string of the molecule is COc1ccc(-c2ccc(CCC(=O)[O-])n2NC(=O)c2ccc(Cl)cc2Cl)cc1. The first-order chi connectivity index (χ1) is 13.9. The molecule has 1 amide bonds. The Morgan fingerprint density at radius 3 is 2.41 bits per heavy atom. The topological polar surface area (TPSA) is 83.4 Å². The van der Waals surface area contributed by atoms with Gasteiger partial charge in [-0.1, -0.05) is 23.2 Å². The van der Waals surface area contributed by atoms with E-state index in [1.807, 2.05) is 12.1 Å². The van der Waals surface area contributed by atoms with Crippen LogP contribution in [0.5, 0.6) is 5.75 Å². The number of nitrogens with zero attached hydrogens (tertiary/aromatic N) is 1. The summed E-state index contributed by atoms with van der Waals surface area (Å²) in [5.74, 6) is -0.927.